The molecule has 0 radical (unpaired) electrons. The first kappa shape index (κ1) is 15.8. The lowest BCUT2D eigenvalue weighted by atomic mass is 10.0. The minimum atomic E-state index is -4.46. The number of nitrogens with one attached hydrogen (secondary N) is 1. The van der Waals surface area contributed by atoms with Crippen molar-refractivity contribution in [2.75, 3.05) is 11.5 Å². The number of alkyl halides is 3. The number of amides is 1. The number of halogens is 3. The van der Waals surface area contributed by atoms with Gasteiger partial charge in [-0.25, -0.2) is 8.42 Å². The van der Waals surface area contributed by atoms with Crippen LogP contribution in [0.4, 0.5) is 13.2 Å². The van der Waals surface area contributed by atoms with E-state index in [-0.39, 0.29) is 17.1 Å². The first-order chi connectivity index (χ1) is 9.51. The van der Waals surface area contributed by atoms with Crippen LogP contribution in [0.15, 0.2) is 24.3 Å². The molecule has 4 nitrogen and oxygen atoms in total. The molecule has 1 unspecified atom stereocenters. The number of sulfone groups is 1. The Morgan fingerprint density at radius 3 is 2.24 bits per heavy atom. The second-order valence-corrected chi connectivity index (χ2v) is 7.62. The highest BCUT2D eigenvalue weighted by atomic mass is 32.2. The molecule has 2 rings (SSSR count). The van der Waals surface area contributed by atoms with Gasteiger partial charge in [-0.1, -0.05) is 0 Å². The number of benzene rings is 1. The summed E-state index contributed by atoms with van der Waals surface area (Å²) in [5.41, 5.74) is -1.65. The molecule has 0 aromatic heterocycles. The standard InChI is InChI=1S/C13H14F3NO3S/c1-12(6-7-21(19,20)8-12)17-11(18)9-2-4-10(5-3-9)13(14,15)16/h2-5H,6-8H2,1H3,(H,17,18). The second-order valence-electron chi connectivity index (χ2n) is 5.43. The molecule has 1 aliphatic rings. The third-order valence-corrected chi connectivity index (χ3v) is 5.30. The summed E-state index contributed by atoms with van der Waals surface area (Å²) in [4.78, 5) is 12.0. The van der Waals surface area contributed by atoms with Gasteiger partial charge in [0.1, 0.15) is 0 Å². The number of carbonyl (C=O) groups is 1. The third-order valence-electron chi connectivity index (χ3n) is 3.39. The summed E-state index contributed by atoms with van der Waals surface area (Å²) >= 11 is 0. The minimum Gasteiger partial charge on any atom is -0.346 e. The van der Waals surface area contributed by atoms with Crippen LogP contribution in [0.5, 0.6) is 0 Å². The fourth-order valence-corrected chi connectivity index (χ4v) is 4.36. The molecule has 1 amide bonds. The van der Waals surface area contributed by atoms with Crippen molar-refractivity contribution in [3.05, 3.63) is 35.4 Å². The predicted molar refractivity (Wildman–Crippen MR) is 70.6 cm³/mol. The van der Waals surface area contributed by atoms with Gasteiger partial charge in [-0.15, -0.1) is 0 Å². The maximum absolute atomic E-state index is 12.4. The van der Waals surface area contributed by atoms with Crippen molar-refractivity contribution in [3.8, 4) is 0 Å². The lowest BCUT2D eigenvalue weighted by Crippen LogP contribution is -2.46. The molecule has 21 heavy (non-hydrogen) atoms. The summed E-state index contributed by atoms with van der Waals surface area (Å²) in [6.45, 7) is 1.61. The molecule has 1 fully saturated rings. The highest BCUT2D eigenvalue weighted by Gasteiger charge is 2.39. The predicted octanol–water partition coefficient (Wildman–Crippen LogP) is 2.01. The molecule has 0 saturated carbocycles. The summed E-state index contributed by atoms with van der Waals surface area (Å²) < 4.78 is 60.2. The van der Waals surface area contributed by atoms with Gasteiger partial charge in [0, 0.05) is 5.56 Å². The van der Waals surface area contributed by atoms with Crippen LogP contribution >= 0.6 is 0 Å². The molecule has 0 spiro atoms. The van der Waals surface area contributed by atoms with Gasteiger partial charge < -0.3 is 5.32 Å². The Balaban J connectivity index is 2.11. The maximum atomic E-state index is 12.4. The number of carbonyl (C=O) groups excluding carboxylic acids is 1. The molecule has 1 aromatic rings. The van der Waals surface area contributed by atoms with E-state index in [0.717, 1.165) is 24.3 Å². The largest absolute Gasteiger partial charge is 0.416 e. The number of rotatable bonds is 2. The van der Waals surface area contributed by atoms with Crippen molar-refractivity contribution in [2.24, 2.45) is 0 Å². The Hall–Kier alpha value is -1.57. The quantitative estimate of drug-likeness (QED) is 0.906. The van der Waals surface area contributed by atoms with E-state index in [2.05, 4.69) is 5.32 Å². The van der Waals surface area contributed by atoms with E-state index in [4.69, 9.17) is 0 Å². The van der Waals surface area contributed by atoms with Crippen LogP contribution in [0.2, 0.25) is 0 Å². The highest BCUT2D eigenvalue weighted by Crippen LogP contribution is 2.29. The Morgan fingerprint density at radius 1 is 1.24 bits per heavy atom. The molecular weight excluding hydrogens is 307 g/mol. The van der Waals surface area contributed by atoms with Crippen molar-refractivity contribution < 1.29 is 26.4 Å². The van der Waals surface area contributed by atoms with Crippen LogP contribution in [0.3, 0.4) is 0 Å². The van der Waals surface area contributed by atoms with Gasteiger partial charge in [-0.3, -0.25) is 4.79 Å². The average Bonchev–Trinajstić information content (AvgIpc) is 2.62. The molecule has 8 heteroatoms. The zero-order valence-electron chi connectivity index (χ0n) is 11.2. The molecule has 1 heterocycles. The van der Waals surface area contributed by atoms with E-state index in [9.17, 15) is 26.4 Å². The average molecular weight is 321 g/mol. The van der Waals surface area contributed by atoms with Crippen molar-refractivity contribution >= 4 is 15.7 Å². The van der Waals surface area contributed by atoms with Gasteiger partial charge in [0.15, 0.2) is 9.84 Å². The van der Waals surface area contributed by atoms with Crippen LogP contribution in [0.25, 0.3) is 0 Å². The first-order valence-electron chi connectivity index (χ1n) is 6.21. The zero-order valence-corrected chi connectivity index (χ0v) is 12.0. The molecule has 0 aliphatic carbocycles. The normalized spacial score (nSPS) is 24.8. The fourth-order valence-electron chi connectivity index (χ4n) is 2.27. The van der Waals surface area contributed by atoms with Crippen molar-refractivity contribution in [3.63, 3.8) is 0 Å². The van der Waals surface area contributed by atoms with E-state index in [1.54, 1.807) is 6.92 Å². The minimum absolute atomic E-state index is 0.00318. The first-order valence-corrected chi connectivity index (χ1v) is 8.03. The molecule has 1 saturated heterocycles. The third kappa shape index (κ3) is 3.75. The molecule has 1 atom stereocenters. The van der Waals surface area contributed by atoms with Gasteiger partial charge in [0.2, 0.25) is 0 Å². The lowest BCUT2D eigenvalue weighted by Gasteiger charge is -2.24. The van der Waals surface area contributed by atoms with Gasteiger partial charge in [0.25, 0.3) is 5.91 Å². The van der Waals surface area contributed by atoms with Gasteiger partial charge in [-0.2, -0.15) is 13.2 Å². The number of hydrogen-bond acceptors (Lipinski definition) is 3. The molecule has 1 aliphatic heterocycles. The molecular formula is C13H14F3NO3S. The van der Waals surface area contributed by atoms with Crippen molar-refractivity contribution in [1.29, 1.82) is 0 Å². The monoisotopic (exact) mass is 321 g/mol. The molecule has 0 bridgehead atoms. The van der Waals surface area contributed by atoms with Gasteiger partial charge >= 0.3 is 6.18 Å². The Kier molecular flexibility index (Phi) is 3.77. The van der Waals surface area contributed by atoms with E-state index in [1.165, 1.54) is 0 Å². The summed E-state index contributed by atoms with van der Waals surface area (Å²) in [6.07, 6.45) is -4.16. The van der Waals surface area contributed by atoms with Crippen molar-refractivity contribution in [1.82, 2.24) is 5.32 Å². The maximum Gasteiger partial charge on any atom is 0.416 e. The van der Waals surface area contributed by atoms with Crippen molar-refractivity contribution in [2.45, 2.75) is 25.1 Å². The summed E-state index contributed by atoms with van der Waals surface area (Å²) in [7, 11) is -3.17. The SMILES string of the molecule is CC1(NC(=O)c2ccc(C(F)(F)F)cc2)CCS(=O)(=O)C1. The van der Waals surface area contributed by atoms with Crippen LogP contribution < -0.4 is 5.32 Å². The van der Waals surface area contributed by atoms with Crippen LogP contribution in [-0.2, 0) is 16.0 Å². The highest BCUT2D eigenvalue weighted by molar-refractivity contribution is 7.91. The summed E-state index contributed by atoms with van der Waals surface area (Å²) in [5.74, 6) is -0.744. The zero-order chi connectivity index (χ0) is 15.9. The van der Waals surface area contributed by atoms with Crippen LogP contribution in [0, 0.1) is 0 Å². The van der Waals surface area contributed by atoms with E-state index in [0.29, 0.717) is 6.42 Å². The van der Waals surface area contributed by atoms with E-state index in [1.807, 2.05) is 0 Å². The van der Waals surface area contributed by atoms with Gasteiger partial charge in [0.05, 0.1) is 22.6 Å². The summed E-state index contributed by atoms with van der Waals surface area (Å²) in [5, 5.41) is 2.59. The molecule has 1 N–H and O–H groups in total. The fraction of sp³-hybridized carbons (Fsp3) is 0.462. The van der Waals surface area contributed by atoms with Crippen LogP contribution in [0.1, 0.15) is 29.3 Å². The van der Waals surface area contributed by atoms with E-state index < -0.39 is 33.0 Å². The lowest BCUT2D eigenvalue weighted by molar-refractivity contribution is -0.137. The number of hydrogen-bond donors (Lipinski definition) is 1. The molecule has 1 aromatic carbocycles. The smallest absolute Gasteiger partial charge is 0.346 e. The van der Waals surface area contributed by atoms with E-state index >= 15 is 0 Å². The summed E-state index contributed by atoms with van der Waals surface area (Å²) in [6, 6.07) is 3.79. The Bertz CT molecular complexity index is 652. The van der Waals surface area contributed by atoms with Gasteiger partial charge in [-0.05, 0) is 37.6 Å². The Labute approximate surface area is 120 Å². The second kappa shape index (κ2) is 5.01. The Morgan fingerprint density at radius 2 is 1.81 bits per heavy atom. The van der Waals surface area contributed by atoms with Crippen LogP contribution in [-0.4, -0.2) is 31.4 Å². The molecule has 116 valence electrons. The topological polar surface area (TPSA) is 63.2 Å².